The molecule has 3 aromatic rings. The van der Waals surface area contributed by atoms with Gasteiger partial charge in [-0.15, -0.1) is 0 Å². The molecule has 0 saturated heterocycles. The number of ether oxygens (including phenoxy) is 1. The van der Waals surface area contributed by atoms with Crippen LogP contribution in [0.25, 0.3) is 11.0 Å². The van der Waals surface area contributed by atoms with Crippen molar-refractivity contribution in [2.75, 3.05) is 7.11 Å². The maximum atomic E-state index is 12.7. The summed E-state index contributed by atoms with van der Waals surface area (Å²) in [5.41, 5.74) is 0.362. The van der Waals surface area contributed by atoms with Crippen molar-refractivity contribution in [2.45, 2.75) is 32.7 Å². The number of alkyl halides is 3. The average molecular weight is 366 g/mol. The summed E-state index contributed by atoms with van der Waals surface area (Å²) in [4.78, 5) is 19.3. The molecule has 1 atom stereocenters. The third-order valence-electron chi connectivity index (χ3n) is 4.12. The van der Waals surface area contributed by atoms with Gasteiger partial charge in [-0.25, -0.2) is 9.67 Å². The largest absolute Gasteiger partial charge is 0.416 e. The van der Waals surface area contributed by atoms with E-state index in [1.807, 2.05) is 0 Å². The Hall–Kier alpha value is -2.68. The van der Waals surface area contributed by atoms with Gasteiger partial charge in [-0.05, 0) is 31.5 Å². The van der Waals surface area contributed by atoms with Crippen LogP contribution in [0.5, 0.6) is 0 Å². The van der Waals surface area contributed by atoms with E-state index in [2.05, 4.69) is 15.1 Å². The molecule has 1 N–H and O–H groups in total. The fraction of sp³-hybridized carbons (Fsp3) is 0.353. The molecule has 2 aromatic heterocycles. The molecule has 0 fully saturated rings. The van der Waals surface area contributed by atoms with E-state index in [4.69, 9.17) is 4.74 Å². The summed E-state index contributed by atoms with van der Waals surface area (Å²) in [6.07, 6.45) is -4.39. The smallest absolute Gasteiger partial charge is 0.378 e. The van der Waals surface area contributed by atoms with Crippen molar-refractivity contribution in [3.8, 4) is 0 Å². The molecule has 0 saturated carbocycles. The highest BCUT2D eigenvalue weighted by Crippen LogP contribution is 2.31. The van der Waals surface area contributed by atoms with Gasteiger partial charge in [0.2, 0.25) is 0 Å². The minimum absolute atomic E-state index is 0.122. The monoisotopic (exact) mass is 366 g/mol. The molecule has 0 aliphatic rings. The SMILES string of the molecule is COCc1nn(C(C)c2ccc(C(F)(F)F)cc2)c2nc(C)[nH]c(=O)c12. The van der Waals surface area contributed by atoms with Gasteiger partial charge in [0.1, 0.15) is 16.9 Å². The van der Waals surface area contributed by atoms with Crippen LogP contribution >= 0.6 is 0 Å². The highest BCUT2D eigenvalue weighted by Gasteiger charge is 2.30. The Kier molecular flexibility index (Phi) is 4.57. The number of aromatic nitrogens is 4. The minimum atomic E-state index is -4.39. The lowest BCUT2D eigenvalue weighted by Crippen LogP contribution is -2.13. The second-order valence-corrected chi connectivity index (χ2v) is 5.97. The normalized spacial score (nSPS) is 13.3. The minimum Gasteiger partial charge on any atom is -0.378 e. The number of nitrogens with zero attached hydrogens (tertiary/aromatic N) is 3. The molecule has 0 aliphatic carbocycles. The van der Waals surface area contributed by atoms with E-state index in [9.17, 15) is 18.0 Å². The quantitative estimate of drug-likeness (QED) is 0.770. The zero-order valence-electron chi connectivity index (χ0n) is 14.4. The number of aryl methyl sites for hydroxylation is 1. The Morgan fingerprint density at radius 2 is 1.92 bits per heavy atom. The van der Waals surface area contributed by atoms with Crippen molar-refractivity contribution in [3.63, 3.8) is 0 Å². The number of rotatable bonds is 4. The van der Waals surface area contributed by atoms with Crippen LogP contribution in [0, 0.1) is 6.92 Å². The van der Waals surface area contributed by atoms with Gasteiger partial charge in [0.15, 0.2) is 5.65 Å². The number of aromatic amines is 1. The number of hydrogen-bond acceptors (Lipinski definition) is 4. The summed E-state index contributed by atoms with van der Waals surface area (Å²) in [6.45, 7) is 3.55. The van der Waals surface area contributed by atoms with Crippen LogP contribution in [0.2, 0.25) is 0 Å². The molecule has 1 aromatic carbocycles. The van der Waals surface area contributed by atoms with Crippen molar-refractivity contribution in [3.05, 3.63) is 57.3 Å². The number of methoxy groups -OCH3 is 1. The Labute approximate surface area is 146 Å². The van der Waals surface area contributed by atoms with Gasteiger partial charge in [-0.1, -0.05) is 12.1 Å². The van der Waals surface area contributed by atoms with E-state index in [1.54, 1.807) is 13.8 Å². The van der Waals surface area contributed by atoms with Gasteiger partial charge in [0.05, 0.1) is 18.2 Å². The predicted octanol–water partition coefficient (Wildman–Crippen LogP) is 3.20. The number of hydrogen-bond donors (Lipinski definition) is 1. The lowest BCUT2D eigenvalue weighted by atomic mass is 10.1. The van der Waals surface area contributed by atoms with Gasteiger partial charge >= 0.3 is 6.18 Å². The van der Waals surface area contributed by atoms with Crippen LogP contribution in [0.3, 0.4) is 0 Å². The molecule has 2 heterocycles. The highest BCUT2D eigenvalue weighted by atomic mass is 19.4. The first-order valence-electron chi connectivity index (χ1n) is 7.86. The molecule has 9 heteroatoms. The zero-order chi connectivity index (χ0) is 19.1. The molecule has 0 bridgehead atoms. The van der Waals surface area contributed by atoms with Gasteiger partial charge < -0.3 is 9.72 Å². The first-order chi connectivity index (χ1) is 12.2. The molecule has 0 aliphatic heterocycles. The topological polar surface area (TPSA) is 72.8 Å². The second-order valence-electron chi connectivity index (χ2n) is 5.97. The summed E-state index contributed by atoms with van der Waals surface area (Å²) in [6, 6.07) is 4.44. The molecule has 0 spiro atoms. The Morgan fingerprint density at radius 3 is 2.50 bits per heavy atom. The standard InChI is InChI=1S/C17H17F3N4O2/c1-9(11-4-6-12(7-5-11)17(18,19)20)24-15-14(13(23-24)8-26-3)16(25)22-10(2)21-15/h4-7,9H,8H2,1-3H3,(H,21,22,25). The van der Waals surface area contributed by atoms with E-state index in [-0.39, 0.29) is 12.2 Å². The van der Waals surface area contributed by atoms with Crippen molar-refractivity contribution >= 4 is 11.0 Å². The second kappa shape index (κ2) is 6.56. The number of nitrogens with one attached hydrogen (secondary N) is 1. The number of fused-ring (bicyclic) bond motifs is 1. The van der Waals surface area contributed by atoms with Crippen LogP contribution in [-0.4, -0.2) is 26.9 Å². The molecular weight excluding hydrogens is 349 g/mol. The van der Waals surface area contributed by atoms with E-state index < -0.39 is 17.8 Å². The number of halogens is 3. The molecule has 0 amide bonds. The lowest BCUT2D eigenvalue weighted by Gasteiger charge is -2.15. The fourth-order valence-electron chi connectivity index (χ4n) is 2.82. The van der Waals surface area contributed by atoms with Crippen molar-refractivity contribution in [1.29, 1.82) is 0 Å². The predicted molar refractivity (Wildman–Crippen MR) is 88.9 cm³/mol. The highest BCUT2D eigenvalue weighted by molar-refractivity contribution is 5.77. The van der Waals surface area contributed by atoms with E-state index >= 15 is 0 Å². The lowest BCUT2D eigenvalue weighted by molar-refractivity contribution is -0.137. The Balaban J connectivity index is 2.11. The molecule has 1 unspecified atom stereocenters. The molecular formula is C17H17F3N4O2. The number of benzene rings is 1. The van der Waals surface area contributed by atoms with Gasteiger partial charge in [0.25, 0.3) is 5.56 Å². The summed E-state index contributed by atoms with van der Waals surface area (Å²) in [7, 11) is 1.49. The van der Waals surface area contributed by atoms with Crippen LogP contribution in [0.1, 0.15) is 35.6 Å². The third-order valence-corrected chi connectivity index (χ3v) is 4.12. The van der Waals surface area contributed by atoms with Crippen LogP contribution < -0.4 is 5.56 Å². The summed E-state index contributed by atoms with van der Waals surface area (Å²) in [5, 5.41) is 4.73. The van der Waals surface area contributed by atoms with Crippen LogP contribution in [0.4, 0.5) is 13.2 Å². The Morgan fingerprint density at radius 1 is 1.27 bits per heavy atom. The van der Waals surface area contributed by atoms with Crippen molar-refractivity contribution in [2.24, 2.45) is 0 Å². The van der Waals surface area contributed by atoms with E-state index in [0.717, 1.165) is 12.1 Å². The summed E-state index contributed by atoms with van der Waals surface area (Å²) in [5.74, 6) is 0.423. The van der Waals surface area contributed by atoms with Crippen molar-refractivity contribution < 1.29 is 17.9 Å². The van der Waals surface area contributed by atoms with Gasteiger partial charge in [0, 0.05) is 7.11 Å². The van der Waals surface area contributed by atoms with Gasteiger partial charge in [-0.3, -0.25) is 4.79 Å². The maximum Gasteiger partial charge on any atom is 0.416 e. The molecule has 3 rings (SSSR count). The van der Waals surface area contributed by atoms with E-state index in [0.29, 0.717) is 28.1 Å². The summed E-state index contributed by atoms with van der Waals surface area (Å²) >= 11 is 0. The Bertz CT molecular complexity index is 990. The van der Waals surface area contributed by atoms with Crippen LogP contribution in [-0.2, 0) is 17.5 Å². The molecule has 6 nitrogen and oxygen atoms in total. The molecule has 26 heavy (non-hydrogen) atoms. The average Bonchev–Trinajstić information content (AvgIpc) is 2.92. The van der Waals surface area contributed by atoms with Crippen LogP contribution in [0.15, 0.2) is 29.1 Å². The number of H-pyrrole nitrogens is 1. The molecule has 0 radical (unpaired) electrons. The third kappa shape index (κ3) is 3.22. The fourth-order valence-corrected chi connectivity index (χ4v) is 2.82. The molecule has 138 valence electrons. The first kappa shape index (κ1) is 18.1. The van der Waals surface area contributed by atoms with Crippen molar-refractivity contribution in [1.82, 2.24) is 19.7 Å². The summed E-state index contributed by atoms with van der Waals surface area (Å²) < 4.78 is 44.9. The maximum absolute atomic E-state index is 12.7. The first-order valence-corrected chi connectivity index (χ1v) is 7.86. The van der Waals surface area contributed by atoms with E-state index in [1.165, 1.54) is 23.9 Å². The zero-order valence-corrected chi connectivity index (χ0v) is 14.4. The van der Waals surface area contributed by atoms with Gasteiger partial charge in [-0.2, -0.15) is 18.3 Å².